The number of benzene rings is 1. The zero-order valence-electron chi connectivity index (χ0n) is 14.6. The number of amides is 1. The largest absolute Gasteiger partial charge is 0.352 e. The lowest BCUT2D eigenvalue weighted by Gasteiger charge is -2.34. The predicted molar refractivity (Wildman–Crippen MR) is 98.5 cm³/mol. The molecule has 0 unspecified atom stereocenters. The van der Waals surface area contributed by atoms with Gasteiger partial charge in [-0.3, -0.25) is 4.79 Å². The zero-order chi connectivity index (χ0) is 18.0. The topological polar surface area (TPSA) is 74.2 Å². The molecule has 1 aromatic carbocycles. The molecule has 0 saturated carbocycles. The van der Waals surface area contributed by atoms with Gasteiger partial charge in [0.25, 0.3) is 0 Å². The molecule has 1 fully saturated rings. The van der Waals surface area contributed by atoms with Crippen LogP contribution in [-0.4, -0.2) is 52.2 Å². The maximum atomic E-state index is 11.4. The number of nitrogens with zero attached hydrogens (tertiary/aromatic N) is 5. The fourth-order valence-corrected chi connectivity index (χ4v) is 3.30. The highest BCUT2D eigenvalue weighted by molar-refractivity contribution is 6.33. The Bertz CT molecular complexity index is 765. The van der Waals surface area contributed by atoms with Crippen molar-refractivity contribution >= 4 is 35.0 Å². The summed E-state index contributed by atoms with van der Waals surface area (Å²) in [4.78, 5) is 19.9. The highest BCUT2D eigenvalue weighted by Gasteiger charge is 2.20. The third kappa shape index (κ3) is 3.99. The van der Waals surface area contributed by atoms with Crippen molar-refractivity contribution in [3.63, 3.8) is 0 Å². The molecule has 132 valence electrons. The van der Waals surface area contributed by atoms with Gasteiger partial charge in [0.15, 0.2) is 5.82 Å². The van der Waals surface area contributed by atoms with Crippen LogP contribution in [0.5, 0.6) is 0 Å². The SMILES string of the molecule is CC(=O)N1CCN(c2cnnc(Nc3c(C)cc(C)cc3Cl)n2)CC1. The van der Waals surface area contributed by atoms with Crippen molar-refractivity contribution in [3.05, 3.63) is 34.5 Å². The summed E-state index contributed by atoms with van der Waals surface area (Å²) in [7, 11) is 0. The molecule has 8 heteroatoms. The summed E-state index contributed by atoms with van der Waals surface area (Å²) in [6.07, 6.45) is 1.64. The molecule has 0 spiro atoms. The molecule has 7 nitrogen and oxygen atoms in total. The number of hydrogen-bond donors (Lipinski definition) is 1. The third-order valence-electron chi connectivity index (χ3n) is 4.26. The number of carbonyl (C=O) groups is 1. The predicted octanol–water partition coefficient (Wildman–Crippen LogP) is 2.55. The average Bonchev–Trinajstić information content (AvgIpc) is 2.58. The molecule has 1 N–H and O–H groups in total. The standard InChI is InChI=1S/C17H21ClN6O/c1-11-8-12(2)16(14(18)9-11)21-17-20-15(10-19-22-17)24-6-4-23(5-7-24)13(3)25/h8-10H,4-7H2,1-3H3,(H,20,21,22). The third-order valence-corrected chi connectivity index (χ3v) is 4.56. The molecule has 3 rings (SSSR count). The number of anilines is 3. The van der Waals surface area contributed by atoms with E-state index < -0.39 is 0 Å². The lowest BCUT2D eigenvalue weighted by molar-refractivity contribution is -0.129. The number of nitrogens with one attached hydrogen (secondary N) is 1. The van der Waals surface area contributed by atoms with Crippen LogP contribution >= 0.6 is 11.6 Å². The van der Waals surface area contributed by atoms with Gasteiger partial charge in [0, 0.05) is 33.1 Å². The van der Waals surface area contributed by atoms with Gasteiger partial charge >= 0.3 is 0 Å². The quantitative estimate of drug-likeness (QED) is 0.906. The van der Waals surface area contributed by atoms with Crippen LogP contribution in [0.25, 0.3) is 0 Å². The van der Waals surface area contributed by atoms with Crippen molar-refractivity contribution in [3.8, 4) is 0 Å². The first kappa shape index (κ1) is 17.4. The van der Waals surface area contributed by atoms with Crippen molar-refractivity contribution in [2.75, 3.05) is 36.4 Å². The van der Waals surface area contributed by atoms with E-state index in [4.69, 9.17) is 11.6 Å². The lowest BCUT2D eigenvalue weighted by Crippen LogP contribution is -2.48. The van der Waals surface area contributed by atoms with Crippen molar-refractivity contribution < 1.29 is 4.79 Å². The highest BCUT2D eigenvalue weighted by atomic mass is 35.5. The number of piperazine rings is 1. The van der Waals surface area contributed by atoms with Gasteiger partial charge in [-0.2, -0.15) is 10.1 Å². The Kier molecular flexibility index (Phi) is 5.03. The van der Waals surface area contributed by atoms with Crippen LogP contribution in [0.3, 0.4) is 0 Å². The average molecular weight is 361 g/mol. The van der Waals surface area contributed by atoms with E-state index in [-0.39, 0.29) is 5.91 Å². The second kappa shape index (κ2) is 7.23. The summed E-state index contributed by atoms with van der Waals surface area (Å²) in [5.41, 5.74) is 2.91. The number of carbonyl (C=O) groups excluding carboxylic acids is 1. The monoisotopic (exact) mass is 360 g/mol. The van der Waals surface area contributed by atoms with Crippen molar-refractivity contribution in [2.45, 2.75) is 20.8 Å². The van der Waals surface area contributed by atoms with E-state index >= 15 is 0 Å². The highest BCUT2D eigenvalue weighted by Crippen LogP contribution is 2.29. The van der Waals surface area contributed by atoms with Crippen LogP contribution in [-0.2, 0) is 4.79 Å². The molecule has 1 aliphatic rings. The van der Waals surface area contributed by atoms with Crippen LogP contribution in [0.15, 0.2) is 18.3 Å². The van der Waals surface area contributed by atoms with Crippen molar-refractivity contribution in [1.82, 2.24) is 20.1 Å². The van der Waals surface area contributed by atoms with Gasteiger partial charge in [-0.05, 0) is 31.0 Å². The number of hydrogen-bond acceptors (Lipinski definition) is 6. The molecule has 2 aromatic rings. The van der Waals surface area contributed by atoms with Gasteiger partial charge in [-0.25, -0.2) is 0 Å². The Morgan fingerprint density at radius 2 is 1.92 bits per heavy atom. The van der Waals surface area contributed by atoms with E-state index in [2.05, 4.69) is 25.4 Å². The minimum absolute atomic E-state index is 0.104. The molecular weight excluding hydrogens is 340 g/mol. The molecule has 2 heterocycles. The maximum Gasteiger partial charge on any atom is 0.249 e. The van der Waals surface area contributed by atoms with Crippen LogP contribution in [0.4, 0.5) is 17.5 Å². The molecular formula is C17H21ClN6O. The Hall–Kier alpha value is -2.41. The van der Waals surface area contributed by atoms with Gasteiger partial charge in [-0.15, -0.1) is 5.10 Å². The van der Waals surface area contributed by atoms with Crippen LogP contribution in [0, 0.1) is 13.8 Å². The van der Waals surface area contributed by atoms with Gasteiger partial charge in [0.1, 0.15) is 0 Å². The first-order chi connectivity index (χ1) is 11.9. The van der Waals surface area contributed by atoms with E-state index in [0.717, 1.165) is 35.7 Å². The fraction of sp³-hybridized carbons (Fsp3) is 0.412. The Morgan fingerprint density at radius 1 is 1.20 bits per heavy atom. The summed E-state index contributed by atoms with van der Waals surface area (Å²) < 4.78 is 0. The number of halogens is 1. The van der Waals surface area contributed by atoms with Crippen molar-refractivity contribution in [1.29, 1.82) is 0 Å². The molecule has 0 bridgehead atoms. The molecule has 25 heavy (non-hydrogen) atoms. The van der Waals surface area contributed by atoms with Crippen LogP contribution < -0.4 is 10.2 Å². The molecule has 1 aliphatic heterocycles. The minimum Gasteiger partial charge on any atom is -0.352 e. The first-order valence-electron chi connectivity index (χ1n) is 8.18. The number of rotatable bonds is 3. The van der Waals surface area contributed by atoms with Crippen molar-refractivity contribution in [2.24, 2.45) is 0 Å². The molecule has 0 aliphatic carbocycles. The Morgan fingerprint density at radius 3 is 2.56 bits per heavy atom. The Labute approximate surface area is 152 Å². The number of aryl methyl sites for hydroxylation is 2. The van der Waals surface area contributed by atoms with E-state index in [9.17, 15) is 4.79 Å². The normalized spacial score (nSPS) is 14.6. The summed E-state index contributed by atoms with van der Waals surface area (Å²) in [6, 6.07) is 3.95. The van der Waals surface area contributed by atoms with Crippen LogP contribution in [0.2, 0.25) is 5.02 Å². The molecule has 0 atom stereocenters. The summed E-state index contributed by atoms with van der Waals surface area (Å²) in [5.74, 6) is 1.24. The molecule has 1 aromatic heterocycles. The fourth-order valence-electron chi connectivity index (χ4n) is 2.94. The smallest absolute Gasteiger partial charge is 0.249 e. The number of aromatic nitrogens is 3. The molecule has 1 amide bonds. The second-order valence-electron chi connectivity index (χ2n) is 6.19. The maximum absolute atomic E-state index is 11.4. The molecule has 1 saturated heterocycles. The second-order valence-corrected chi connectivity index (χ2v) is 6.60. The van der Waals surface area contributed by atoms with Crippen LogP contribution in [0.1, 0.15) is 18.1 Å². The van der Waals surface area contributed by atoms with E-state index in [0.29, 0.717) is 24.1 Å². The van der Waals surface area contributed by atoms with E-state index in [1.165, 1.54) is 0 Å². The first-order valence-corrected chi connectivity index (χ1v) is 8.56. The minimum atomic E-state index is 0.104. The van der Waals surface area contributed by atoms with Gasteiger partial charge in [-0.1, -0.05) is 17.7 Å². The summed E-state index contributed by atoms with van der Waals surface area (Å²) >= 11 is 6.33. The summed E-state index contributed by atoms with van der Waals surface area (Å²) in [6.45, 7) is 8.40. The lowest BCUT2D eigenvalue weighted by atomic mass is 10.1. The zero-order valence-corrected chi connectivity index (χ0v) is 15.3. The summed E-state index contributed by atoms with van der Waals surface area (Å²) in [5, 5.41) is 11.9. The van der Waals surface area contributed by atoms with Gasteiger partial charge in [0.05, 0.1) is 16.9 Å². The van der Waals surface area contributed by atoms with Gasteiger partial charge < -0.3 is 15.1 Å². The van der Waals surface area contributed by atoms with E-state index in [1.807, 2.05) is 30.9 Å². The molecule has 0 radical (unpaired) electrons. The van der Waals surface area contributed by atoms with E-state index in [1.54, 1.807) is 13.1 Å². The Balaban J connectivity index is 1.76. The van der Waals surface area contributed by atoms with Gasteiger partial charge in [0.2, 0.25) is 11.9 Å².